The summed E-state index contributed by atoms with van der Waals surface area (Å²) in [6, 6.07) is 0. The number of aliphatic carboxylic acids is 2. The quantitative estimate of drug-likeness (QED) is 0.319. The van der Waals surface area contributed by atoms with Crippen LogP contribution >= 0.6 is 0 Å². The fraction of sp³-hybridized carbons (Fsp3) is 0.917. The van der Waals surface area contributed by atoms with Crippen LogP contribution in [0.1, 0.15) is 114 Å². The second kappa shape index (κ2) is 12.5. The maximum absolute atomic E-state index is 12.7. The van der Waals surface area contributed by atoms with Crippen molar-refractivity contribution in [3.63, 3.8) is 0 Å². The number of hydrogen-bond acceptors (Lipinski definition) is 2. The predicted octanol–water partition coefficient (Wildman–Crippen LogP) is 7.26. The highest BCUT2D eigenvalue weighted by molar-refractivity contribution is 5.77. The highest BCUT2D eigenvalue weighted by atomic mass is 16.4. The molecule has 0 aliphatic carbocycles. The minimum Gasteiger partial charge on any atom is -0.481 e. The van der Waals surface area contributed by atoms with Crippen molar-refractivity contribution < 1.29 is 19.8 Å². The fourth-order valence-electron chi connectivity index (χ4n) is 4.32. The molecule has 0 saturated heterocycles. The number of carbonyl (C=O) groups is 2. The van der Waals surface area contributed by atoms with Gasteiger partial charge in [-0.1, -0.05) is 94.9 Å². The van der Waals surface area contributed by atoms with Gasteiger partial charge in [-0.15, -0.1) is 0 Å². The molecule has 0 unspecified atom stereocenters. The van der Waals surface area contributed by atoms with Crippen molar-refractivity contribution in [3.05, 3.63) is 0 Å². The zero-order valence-corrected chi connectivity index (χ0v) is 20.3. The Labute approximate surface area is 174 Å². The summed E-state index contributed by atoms with van der Waals surface area (Å²) in [5, 5.41) is 19.1. The Morgan fingerprint density at radius 1 is 0.714 bits per heavy atom. The summed E-state index contributed by atoms with van der Waals surface area (Å²) in [4.78, 5) is 23.3. The van der Waals surface area contributed by atoms with Gasteiger partial charge in [-0.25, -0.2) is 0 Å². The molecule has 0 spiro atoms. The molecular formula is C24H48O4. The zero-order valence-electron chi connectivity index (χ0n) is 20.3. The summed E-state index contributed by atoms with van der Waals surface area (Å²) in [6.07, 6.45) is 5.27. The van der Waals surface area contributed by atoms with Gasteiger partial charge in [-0.2, -0.15) is 0 Å². The standard InChI is InChI=1S/C22H42O4.C2H6/c1-16(2)20(5,6)22(19(25)26,21(7,8)17(3)4)15-13-11-9-10-12-14-18(23)24;1-2/h16-17H,9-15H2,1-8H3,(H,23,24)(H,25,26);1-2H3. The van der Waals surface area contributed by atoms with E-state index in [-0.39, 0.29) is 29.1 Å². The van der Waals surface area contributed by atoms with Crippen LogP contribution in [0, 0.1) is 28.1 Å². The number of carboxylic acids is 2. The summed E-state index contributed by atoms with van der Waals surface area (Å²) in [5.74, 6) is -0.910. The van der Waals surface area contributed by atoms with Crippen molar-refractivity contribution in [1.29, 1.82) is 0 Å². The molecule has 0 aliphatic heterocycles. The van der Waals surface area contributed by atoms with Gasteiger partial charge in [0.15, 0.2) is 0 Å². The smallest absolute Gasteiger partial charge is 0.310 e. The lowest BCUT2D eigenvalue weighted by atomic mass is 9.45. The van der Waals surface area contributed by atoms with Crippen molar-refractivity contribution in [3.8, 4) is 0 Å². The largest absolute Gasteiger partial charge is 0.481 e. The predicted molar refractivity (Wildman–Crippen MR) is 119 cm³/mol. The molecule has 0 fully saturated rings. The lowest BCUT2D eigenvalue weighted by Crippen LogP contribution is -2.58. The Balaban J connectivity index is 0. The average molecular weight is 401 g/mol. The van der Waals surface area contributed by atoms with E-state index in [4.69, 9.17) is 5.11 Å². The first-order chi connectivity index (χ1) is 12.7. The molecular weight excluding hydrogens is 352 g/mol. The van der Waals surface area contributed by atoms with E-state index in [0.717, 1.165) is 25.7 Å². The molecule has 0 rings (SSSR count). The Bertz CT molecular complexity index is 441. The molecule has 0 heterocycles. The number of carboxylic acid groups (broad SMARTS) is 2. The molecule has 0 radical (unpaired) electrons. The summed E-state index contributed by atoms with van der Waals surface area (Å²) < 4.78 is 0. The molecule has 0 aromatic rings. The van der Waals surface area contributed by atoms with Crippen LogP contribution in [0.25, 0.3) is 0 Å². The van der Waals surface area contributed by atoms with Crippen LogP contribution < -0.4 is 0 Å². The zero-order chi connectivity index (χ0) is 22.8. The highest BCUT2D eigenvalue weighted by Crippen LogP contribution is 2.60. The molecule has 0 saturated carbocycles. The third-order valence-electron chi connectivity index (χ3n) is 7.39. The van der Waals surface area contributed by atoms with Crippen LogP contribution in [0.2, 0.25) is 0 Å². The van der Waals surface area contributed by atoms with E-state index < -0.39 is 17.4 Å². The van der Waals surface area contributed by atoms with Gasteiger partial charge in [0.2, 0.25) is 0 Å². The molecule has 0 bridgehead atoms. The minimum absolute atomic E-state index is 0.222. The monoisotopic (exact) mass is 400 g/mol. The highest BCUT2D eigenvalue weighted by Gasteiger charge is 2.61. The molecule has 168 valence electrons. The van der Waals surface area contributed by atoms with Crippen LogP contribution in [-0.2, 0) is 9.59 Å². The second-order valence-corrected chi connectivity index (χ2v) is 9.62. The van der Waals surface area contributed by atoms with E-state index in [1.54, 1.807) is 0 Å². The molecule has 0 aromatic heterocycles. The first-order valence-electron chi connectivity index (χ1n) is 11.2. The van der Waals surface area contributed by atoms with Crippen molar-refractivity contribution in [1.82, 2.24) is 0 Å². The first-order valence-corrected chi connectivity index (χ1v) is 11.2. The summed E-state index contributed by atoms with van der Waals surface area (Å²) in [7, 11) is 0. The average Bonchev–Trinajstić information content (AvgIpc) is 2.57. The first kappa shape index (κ1) is 29.1. The van der Waals surface area contributed by atoms with Crippen LogP contribution in [0.4, 0.5) is 0 Å². The van der Waals surface area contributed by atoms with Crippen molar-refractivity contribution in [2.24, 2.45) is 28.1 Å². The van der Waals surface area contributed by atoms with E-state index in [1.165, 1.54) is 0 Å². The third kappa shape index (κ3) is 6.77. The van der Waals surface area contributed by atoms with Gasteiger partial charge in [0.25, 0.3) is 0 Å². The lowest BCUT2D eigenvalue weighted by molar-refractivity contribution is -0.183. The Kier molecular flexibility index (Phi) is 13.0. The van der Waals surface area contributed by atoms with Gasteiger partial charge in [-0.3, -0.25) is 9.59 Å². The Morgan fingerprint density at radius 2 is 1.07 bits per heavy atom. The van der Waals surface area contributed by atoms with Crippen molar-refractivity contribution in [2.45, 2.75) is 114 Å². The Morgan fingerprint density at radius 3 is 1.39 bits per heavy atom. The molecule has 4 heteroatoms. The number of hydrogen-bond donors (Lipinski definition) is 2. The second-order valence-electron chi connectivity index (χ2n) is 9.62. The fourth-order valence-corrected chi connectivity index (χ4v) is 4.32. The molecule has 2 N–H and O–H groups in total. The van der Waals surface area contributed by atoms with Gasteiger partial charge in [0.1, 0.15) is 0 Å². The molecule has 0 amide bonds. The number of rotatable bonds is 13. The van der Waals surface area contributed by atoms with Gasteiger partial charge in [0.05, 0.1) is 5.41 Å². The molecule has 0 aliphatic rings. The van der Waals surface area contributed by atoms with Crippen molar-refractivity contribution in [2.75, 3.05) is 0 Å². The van der Waals surface area contributed by atoms with Gasteiger partial charge < -0.3 is 10.2 Å². The van der Waals surface area contributed by atoms with E-state index in [9.17, 15) is 14.7 Å². The number of unbranched alkanes of at least 4 members (excludes halogenated alkanes) is 4. The van der Waals surface area contributed by atoms with E-state index in [0.29, 0.717) is 12.8 Å². The summed E-state index contributed by atoms with van der Waals surface area (Å²) in [5.41, 5.74) is -1.48. The third-order valence-corrected chi connectivity index (χ3v) is 7.39. The molecule has 0 aromatic carbocycles. The molecule has 0 atom stereocenters. The Hall–Kier alpha value is -1.06. The van der Waals surface area contributed by atoms with Gasteiger partial charge >= 0.3 is 11.9 Å². The van der Waals surface area contributed by atoms with Gasteiger partial charge in [-0.05, 0) is 35.5 Å². The van der Waals surface area contributed by atoms with E-state index in [2.05, 4.69) is 55.4 Å². The lowest BCUT2D eigenvalue weighted by Gasteiger charge is -2.57. The van der Waals surface area contributed by atoms with Crippen LogP contribution in [0.15, 0.2) is 0 Å². The van der Waals surface area contributed by atoms with E-state index in [1.807, 2.05) is 13.8 Å². The summed E-state index contributed by atoms with van der Waals surface area (Å²) >= 11 is 0. The van der Waals surface area contributed by atoms with Gasteiger partial charge in [0, 0.05) is 6.42 Å². The molecule has 28 heavy (non-hydrogen) atoms. The maximum Gasteiger partial charge on any atom is 0.310 e. The topological polar surface area (TPSA) is 74.6 Å². The van der Waals surface area contributed by atoms with Crippen LogP contribution in [-0.4, -0.2) is 22.2 Å². The maximum atomic E-state index is 12.7. The van der Waals surface area contributed by atoms with E-state index >= 15 is 0 Å². The summed E-state index contributed by atoms with van der Waals surface area (Å²) in [6.45, 7) is 21.0. The van der Waals surface area contributed by atoms with Crippen molar-refractivity contribution >= 4 is 11.9 Å². The van der Waals surface area contributed by atoms with Crippen LogP contribution in [0.3, 0.4) is 0 Å². The SMILES string of the molecule is CC.CC(C)C(C)(C)C(CCCCCCCC(=O)O)(C(=O)O)C(C)(C)C(C)C. The molecule has 4 nitrogen and oxygen atoms in total. The van der Waals surface area contributed by atoms with Crippen LogP contribution in [0.5, 0.6) is 0 Å². The normalized spacial score (nSPS) is 12.7. The minimum atomic E-state index is -0.802.